The zero-order valence-electron chi connectivity index (χ0n) is 13.7. The Bertz CT molecular complexity index is 1010. The second kappa shape index (κ2) is 6.82. The summed E-state index contributed by atoms with van der Waals surface area (Å²) in [6.45, 7) is 2.78. The molecule has 2 heterocycles. The Morgan fingerprint density at radius 1 is 1.00 bits per heavy atom. The van der Waals surface area contributed by atoms with Gasteiger partial charge in [-0.15, -0.1) is 11.3 Å². The molecule has 2 aromatic carbocycles. The topological polar surface area (TPSA) is 37.8 Å². The van der Waals surface area contributed by atoms with Crippen molar-refractivity contribution in [3.63, 3.8) is 0 Å². The minimum Gasteiger partial charge on any atom is -0.365 e. The normalized spacial score (nSPS) is 11.0. The van der Waals surface area contributed by atoms with E-state index < -0.39 is 0 Å². The van der Waals surface area contributed by atoms with E-state index in [9.17, 15) is 0 Å². The first-order valence-corrected chi connectivity index (χ1v) is 9.24. The largest absolute Gasteiger partial charge is 0.365 e. The summed E-state index contributed by atoms with van der Waals surface area (Å²) in [5.74, 6) is 0.858. The van der Waals surface area contributed by atoms with Crippen molar-refractivity contribution >= 4 is 39.0 Å². The molecular formula is C20H16ClN3S. The lowest BCUT2D eigenvalue weighted by Gasteiger charge is -2.09. The van der Waals surface area contributed by atoms with Crippen LogP contribution in [-0.2, 0) is 6.54 Å². The number of halogens is 1. The molecular weight excluding hydrogens is 350 g/mol. The molecule has 0 bridgehead atoms. The quantitative estimate of drug-likeness (QED) is 0.487. The maximum atomic E-state index is 5.95. The van der Waals surface area contributed by atoms with Gasteiger partial charge in [0, 0.05) is 22.5 Å². The van der Waals surface area contributed by atoms with Crippen LogP contribution in [0.1, 0.15) is 11.1 Å². The van der Waals surface area contributed by atoms with Crippen LogP contribution < -0.4 is 5.32 Å². The standard InChI is InChI=1S/C20H16ClN3S/c1-13-2-6-15(7-3-13)17-11-25-20-18(17)19(23-12-24-20)22-10-14-4-8-16(21)9-5-14/h2-9,11-12H,10H2,1H3,(H,22,23,24). The molecule has 0 amide bonds. The van der Waals surface area contributed by atoms with Crippen molar-refractivity contribution < 1.29 is 0 Å². The van der Waals surface area contributed by atoms with E-state index in [4.69, 9.17) is 11.6 Å². The summed E-state index contributed by atoms with van der Waals surface area (Å²) in [5.41, 5.74) is 4.75. The van der Waals surface area contributed by atoms with Gasteiger partial charge >= 0.3 is 0 Å². The minimum absolute atomic E-state index is 0.687. The number of benzene rings is 2. The van der Waals surface area contributed by atoms with Gasteiger partial charge in [0.2, 0.25) is 0 Å². The van der Waals surface area contributed by atoms with E-state index in [2.05, 4.69) is 51.9 Å². The number of aromatic nitrogens is 2. The number of hydrogen-bond donors (Lipinski definition) is 1. The van der Waals surface area contributed by atoms with Gasteiger partial charge in [0.15, 0.2) is 0 Å². The molecule has 4 rings (SSSR count). The van der Waals surface area contributed by atoms with Gasteiger partial charge in [-0.3, -0.25) is 0 Å². The van der Waals surface area contributed by atoms with E-state index in [-0.39, 0.29) is 0 Å². The lowest BCUT2D eigenvalue weighted by Crippen LogP contribution is -2.02. The van der Waals surface area contributed by atoms with Gasteiger partial charge in [0.25, 0.3) is 0 Å². The molecule has 0 aliphatic heterocycles. The van der Waals surface area contributed by atoms with Gasteiger partial charge in [-0.2, -0.15) is 0 Å². The first kappa shape index (κ1) is 16.1. The third kappa shape index (κ3) is 3.36. The Morgan fingerprint density at radius 2 is 1.76 bits per heavy atom. The second-order valence-corrected chi connectivity index (χ2v) is 7.19. The molecule has 4 aromatic rings. The van der Waals surface area contributed by atoms with Crippen molar-refractivity contribution in [2.75, 3.05) is 5.32 Å². The van der Waals surface area contributed by atoms with Gasteiger partial charge in [-0.25, -0.2) is 9.97 Å². The first-order valence-electron chi connectivity index (χ1n) is 7.98. The molecule has 25 heavy (non-hydrogen) atoms. The number of aryl methyl sites for hydroxylation is 1. The van der Waals surface area contributed by atoms with Crippen LogP contribution in [0.2, 0.25) is 5.02 Å². The monoisotopic (exact) mass is 365 g/mol. The lowest BCUT2D eigenvalue weighted by molar-refractivity contribution is 1.11. The Morgan fingerprint density at radius 3 is 2.52 bits per heavy atom. The van der Waals surface area contributed by atoms with Gasteiger partial charge in [0.1, 0.15) is 17.0 Å². The predicted molar refractivity (Wildman–Crippen MR) is 106 cm³/mol. The number of rotatable bonds is 4. The highest BCUT2D eigenvalue weighted by Gasteiger charge is 2.13. The van der Waals surface area contributed by atoms with E-state index in [0.717, 1.165) is 26.6 Å². The van der Waals surface area contributed by atoms with Crippen LogP contribution in [0.15, 0.2) is 60.2 Å². The molecule has 0 radical (unpaired) electrons. The molecule has 0 unspecified atom stereocenters. The molecule has 0 fully saturated rings. The van der Waals surface area contributed by atoms with Gasteiger partial charge in [-0.1, -0.05) is 53.6 Å². The molecule has 1 N–H and O–H groups in total. The molecule has 124 valence electrons. The SMILES string of the molecule is Cc1ccc(-c2csc3ncnc(NCc4ccc(Cl)cc4)c23)cc1. The van der Waals surface area contributed by atoms with Crippen molar-refractivity contribution in [3.8, 4) is 11.1 Å². The summed E-state index contributed by atoms with van der Waals surface area (Å²) >= 11 is 7.59. The maximum absolute atomic E-state index is 5.95. The van der Waals surface area contributed by atoms with Crippen LogP contribution >= 0.6 is 22.9 Å². The average molecular weight is 366 g/mol. The van der Waals surface area contributed by atoms with Crippen LogP contribution in [0.25, 0.3) is 21.3 Å². The molecule has 0 atom stereocenters. The van der Waals surface area contributed by atoms with Crippen molar-refractivity contribution in [1.29, 1.82) is 0 Å². The summed E-state index contributed by atoms with van der Waals surface area (Å²) in [6.07, 6.45) is 1.61. The van der Waals surface area contributed by atoms with Crippen molar-refractivity contribution in [2.24, 2.45) is 0 Å². The summed E-state index contributed by atoms with van der Waals surface area (Å²) in [7, 11) is 0. The molecule has 0 spiro atoms. The van der Waals surface area contributed by atoms with E-state index in [1.165, 1.54) is 16.7 Å². The predicted octanol–water partition coefficient (Wildman–Crippen LogP) is 5.93. The number of hydrogen-bond acceptors (Lipinski definition) is 4. The first-order chi connectivity index (χ1) is 12.2. The second-order valence-electron chi connectivity index (χ2n) is 5.90. The zero-order chi connectivity index (χ0) is 17.2. The Kier molecular flexibility index (Phi) is 4.38. The molecule has 0 aliphatic carbocycles. The molecule has 0 saturated carbocycles. The van der Waals surface area contributed by atoms with Crippen LogP contribution in [0.5, 0.6) is 0 Å². The fraction of sp³-hybridized carbons (Fsp3) is 0.100. The van der Waals surface area contributed by atoms with Crippen LogP contribution in [0, 0.1) is 6.92 Å². The van der Waals surface area contributed by atoms with Gasteiger partial charge < -0.3 is 5.32 Å². The van der Waals surface area contributed by atoms with E-state index in [1.807, 2.05) is 24.3 Å². The van der Waals surface area contributed by atoms with Crippen LogP contribution in [-0.4, -0.2) is 9.97 Å². The Labute approximate surface area is 155 Å². The number of fused-ring (bicyclic) bond motifs is 1. The van der Waals surface area contributed by atoms with Crippen molar-refractivity contribution in [1.82, 2.24) is 9.97 Å². The Balaban J connectivity index is 1.70. The van der Waals surface area contributed by atoms with E-state index >= 15 is 0 Å². The zero-order valence-corrected chi connectivity index (χ0v) is 15.2. The molecule has 3 nitrogen and oxygen atoms in total. The van der Waals surface area contributed by atoms with E-state index in [0.29, 0.717) is 6.54 Å². The van der Waals surface area contributed by atoms with Crippen LogP contribution in [0.3, 0.4) is 0 Å². The Hall–Kier alpha value is -2.43. The van der Waals surface area contributed by atoms with Gasteiger partial charge in [0.05, 0.1) is 5.39 Å². The third-order valence-electron chi connectivity index (χ3n) is 4.11. The summed E-state index contributed by atoms with van der Waals surface area (Å²) in [5, 5.41) is 7.41. The highest BCUT2D eigenvalue weighted by Crippen LogP contribution is 2.36. The fourth-order valence-electron chi connectivity index (χ4n) is 2.74. The maximum Gasteiger partial charge on any atom is 0.139 e. The molecule has 0 saturated heterocycles. The third-order valence-corrected chi connectivity index (χ3v) is 5.24. The summed E-state index contributed by atoms with van der Waals surface area (Å²) < 4.78 is 0. The smallest absolute Gasteiger partial charge is 0.139 e. The summed E-state index contributed by atoms with van der Waals surface area (Å²) in [4.78, 5) is 9.89. The molecule has 0 aliphatic rings. The van der Waals surface area contributed by atoms with Gasteiger partial charge in [-0.05, 0) is 30.2 Å². The van der Waals surface area contributed by atoms with Crippen molar-refractivity contribution in [3.05, 3.63) is 76.4 Å². The minimum atomic E-state index is 0.687. The molecule has 2 aromatic heterocycles. The fourth-order valence-corrected chi connectivity index (χ4v) is 3.78. The number of thiophene rings is 1. The summed E-state index contributed by atoms with van der Waals surface area (Å²) in [6, 6.07) is 16.4. The number of nitrogens with one attached hydrogen (secondary N) is 1. The highest BCUT2D eigenvalue weighted by molar-refractivity contribution is 7.17. The average Bonchev–Trinajstić information content (AvgIpc) is 3.07. The highest BCUT2D eigenvalue weighted by atomic mass is 35.5. The van der Waals surface area contributed by atoms with Crippen LogP contribution in [0.4, 0.5) is 5.82 Å². The lowest BCUT2D eigenvalue weighted by atomic mass is 10.0. The van der Waals surface area contributed by atoms with Crippen molar-refractivity contribution in [2.45, 2.75) is 13.5 Å². The number of anilines is 1. The number of nitrogens with zero attached hydrogens (tertiary/aromatic N) is 2. The van der Waals surface area contributed by atoms with E-state index in [1.54, 1.807) is 17.7 Å². The molecule has 5 heteroatoms.